The van der Waals surface area contributed by atoms with Crippen LogP contribution in [0.2, 0.25) is 0 Å². The van der Waals surface area contributed by atoms with Crippen LogP contribution >= 0.6 is 24.0 Å². The fourth-order valence-corrected chi connectivity index (χ4v) is 2.59. The van der Waals surface area contributed by atoms with Gasteiger partial charge < -0.3 is 20.1 Å². The predicted octanol–water partition coefficient (Wildman–Crippen LogP) is 3.29. The monoisotopic (exact) mass is 494 g/mol. The van der Waals surface area contributed by atoms with E-state index in [0.29, 0.717) is 24.0 Å². The van der Waals surface area contributed by atoms with Crippen LogP contribution in [-0.4, -0.2) is 42.4 Å². The van der Waals surface area contributed by atoms with Crippen molar-refractivity contribution in [2.45, 2.75) is 6.54 Å². The number of rotatable bonds is 6. The van der Waals surface area contributed by atoms with Crippen molar-refractivity contribution in [3.63, 3.8) is 0 Å². The second-order valence-electron chi connectivity index (χ2n) is 5.65. The second-order valence-corrected chi connectivity index (χ2v) is 5.65. The Kier molecular flexibility index (Phi) is 8.05. The number of guanidine groups is 1. The lowest BCUT2D eigenvalue weighted by Crippen LogP contribution is -2.30. The summed E-state index contributed by atoms with van der Waals surface area (Å²) in [6.07, 6.45) is 1.50. The minimum absolute atomic E-state index is 0. The third kappa shape index (κ3) is 5.35. The molecule has 0 aliphatic rings. The molecule has 28 heavy (non-hydrogen) atoms. The molecule has 0 saturated heterocycles. The Hall–Kier alpha value is -2.82. The highest BCUT2D eigenvalue weighted by Crippen LogP contribution is 2.29. The normalized spacial score (nSPS) is 10.8. The van der Waals surface area contributed by atoms with Crippen molar-refractivity contribution < 1.29 is 9.47 Å². The number of anilines is 1. The number of methoxy groups -OCH3 is 2. The second kappa shape index (κ2) is 10.5. The summed E-state index contributed by atoms with van der Waals surface area (Å²) >= 11 is 0. The first kappa shape index (κ1) is 21.5. The molecule has 0 fully saturated rings. The van der Waals surface area contributed by atoms with E-state index in [1.54, 1.807) is 21.3 Å². The first-order valence-electron chi connectivity index (χ1n) is 8.38. The van der Waals surface area contributed by atoms with Crippen LogP contribution in [0, 0.1) is 0 Å². The fourth-order valence-electron chi connectivity index (χ4n) is 2.59. The molecule has 0 saturated carbocycles. The quantitative estimate of drug-likeness (QED) is 0.277. The summed E-state index contributed by atoms with van der Waals surface area (Å²) in [6, 6.07) is 13.7. The Bertz CT molecular complexity index is 915. The van der Waals surface area contributed by atoms with Gasteiger partial charge in [0.05, 0.1) is 14.2 Å². The third-order valence-electron chi connectivity index (χ3n) is 3.95. The van der Waals surface area contributed by atoms with E-state index in [0.717, 1.165) is 22.6 Å². The lowest BCUT2D eigenvalue weighted by Gasteiger charge is -2.14. The molecule has 1 aromatic heterocycles. The van der Waals surface area contributed by atoms with Gasteiger partial charge in [0, 0.05) is 30.9 Å². The highest BCUT2D eigenvalue weighted by molar-refractivity contribution is 14.0. The van der Waals surface area contributed by atoms with Gasteiger partial charge in [-0.1, -0.05) is 18.2 Å². The number of H-pyrrole nitrogens is 1. The lowest BCUT2D eigenvalue weighted by molar-refractivity contribution is 0.355. The van der Waals surface area contributed by atoms with Gasteiger partial charge in [-0.2, -0.15) is 5.10 Å². The molecule has 0 atom stereocenters. The topological polar surface area (TPSA) is 96.5 Å². The number of benzene rings is 2. The number of hydrogen-bond acceptors (Lipinski definition) is 5. The summed E-state index contributed by atoms with van der Waals surface area (Å²) in [4.78, 5) is 8.44. The van der Waals surface area contributed by atoms with E-state index in [2.05, 4.69) is 36.9 Å². The van der Waals surface area contributed by atoms with E-state index >= 15 is 0 Å². The van der Waals surface area contributed by atoms with Crippen molar-refractivity contribution in [2.75, 3.05) is 26.6 Å². The van der Waals surface area contributed by atoms with Crippen LogP contribution < -0.4 is 20.1 Å². The molecule has 3 N–H and O–H groups in total. The van der Waals surface area contributed by atoms with Gasteiger partial charge in [0.2, 0.25) is 0 Å². The maximum Gasteiger partial charge on any atom is 0.195 e. The minimum Gasteiger partial charge on any atom is -0.493 e. The zero-order valence-corrected chi connectivity index (χ0v) is 18.2. The molecule has 1 heterocycles. The van der Waals surface area contributed by atoms with Gasteiger partial charge in [-0.3, -0.25) is 10.1 Å². The van der Waals surface area contributed by atoms with Crippen LogP contribution in [0.5, 0.6) is 11.5 Å². The van der Waals surface area contributed by atoms with Crippen molar-refractivity contribution in [1.82, 2.24) is 20.5 Å². The van der Waals surface area contributed by atoms with Gasteiger partial charge in [0.25, 0.3) is 0 Å². The van der Waals surface area contributed by atoms with Crippen LogP contribution in [0.1, 0.15) is 5.56 Å². The molecule has 9 heteroatoms. The smallest absolute Gasteiger partial charge is 0.195 e. The van der Waals surface area contributed by atoms with E-state index in [9.17, 15) is 0 Å². The van der Waals surface area contributed by atoms with Gasteiger partial charge >= 0.3 is 0 Å². The maximum atomic E-state index is 5.33. The number of ether oxygens (including phenoxy) is 2. The Labute approximate surface area is 180 Å². The average Bonchev–Trinajstić information content (AvgIpc) is 3.26. The number of halogens is 1. The van der Waals surface area contributed by atoms with Crippen LogP contribution in [0.3, 0.4) is 0 Å². The zero-order valence-electron chi connectivity index (χ0n) is 15.9. The fraction of sp³-hybridized carbons (Fsp3) is 0.211. The van der Waals surface area contributed by atoms with Gasteiger partial charge in [0.1, 0.15) is 6.33 Å². The standard InChI is InChI=1S/C19H22N6O2.HI/c1-20-19(24-15-7-8-16(26-2)17(10-15)27-3)21-11-13-5-4-6-14(9-13)18-22-12-23-25-18;/h4-10,12H,11H2,1-3H3,(H2,20,21,24)(H,22,23,25);1H. The largest absolute Gasteiger partial charge is 0.493 e. The molecule has 148 valence electrons. The number of aromatic amines is 1. The average molecular weight is 494 g/mol. The summed E-state index contributed by atoms with van der Waals surface area (Å²) < 4.78 is 10.6. The molecule has 3 rings (SSSR count). The summed E-state index contributed by atoms with van der Waals surface area (Å²) in [7, 11) is 4.94. The Balaban J connectivity index is 0.00000280. The van der Waals surface area contributed by atoms with Crippen molar-refractivity contribution in [1.29, 1.82) is 0 Å². The van der Waals surface area contributed by atoms with Crippen molar-refractivity contribution in [3.8, 4) is 22.9 Å². The molecule has 2 aromatic carbocycles. The van der Waals surface area contributed by atoms with E-state index in [4.69, 9.17) is 9.47 Å². The third-order valence-corrected chi connectivity index (χ3v) is 3.95. The van der Waals surface area contributed by atoms with E-state index < -0.39 is 0 Å². The van der Waals surface area contributed by atoms with Crippen LogP contribution in [0.15, 0.2) is 53.8 Å². The molecule has 8 nitrogen and oxygen atoms in total. The first-order chi connectivity index (χ1) is 13.2. The molecule has 0 amide bonds. The Morgan fingerprint density at radius 1 is 1.11 bits per heavy atom. The summed E-state index contributed by atoms with van der Waals surface area (Å²) in [6.45, 7) is 0.606. The summed E-state index contributed by atoms with van der Waals surface area (Å²) in [5.74, 6) is 2.71. The maximum absolute atomic E-state index is 5.33. The van der Waals surface area contributed by atoms with Crippen LogP contribution in [0.25, 0.3) is 11.4 Å². The highest BCUT2D eigenvalue weighted by Gasteiger charge is 2.07. The molecule has 0 unspecified atom stereocenters. The van der Waals surface area contributed by atoms with Gasteiger partial charge in [-0.15, -0.1) is 24.0 Å². The predicted molar refractivity (Wildman–Crippen MR) is 121 cm³/mol. The molecule has 0 spiro atoms. The highest BCUT2D eigenvalue weighted by atomic mass is 127. The SMILES string of the molecule is CN=C(NCc1cccc(-c2ncn[nH]2)c1)Nc1ccc(OC)c(OC)c1.I. The zero-order chi connectivity index (χ0) is 19.1. The number of aromatic nitrogens is 3. The minimum atomic E-state index is 0. The van der Waals surface area contributed by atoms with E-state index in [1.165, 1.54) is 6.33 Å². The van der Waals surface area contributed by atoms with Crippen molar-refractivity contribution in [2.24, 2.45) is 4.99 Å². The van der Waals surface area contributed by atoms with Gasteiger partial charge in [0.15, 0.2) is 23.3 Å². The Morgan fingerprint density at radius 3 is 2.61 bits per heavy atom. The van der Waals surface area contributed by atoms with Gasteiger partial charge in [-0.05, 0) is 23.8 Å². The first-order valence-corrected chi connectivity index (χ1v) is 8.38. The van der Waals surface area contributed by atoms with Crippen LogP contribution in [-0.2, 0) is 6.54 Å². The van der Waals surface area contributed by atoms with Crippen molar-refractivity contribution in [3.05, 3.63) is 54.4 Å². The van der Waals surface area contributed by atoms with E-state index in [-0.39, 0.29) is 24.0 Å². The molecular formula is C19H23IN6O2. The number of nitrogens with zero attached hydrogens (tertiary/aromatic N) is 3. The molecular weight excluding hydrogens is 471 g/mol. The molecule has 0 bridgehead atoms. The van der Waals surface area contributed by atoms with Gasteiger partial charge in [-0.25, -0.2) is 4.98 Å². The molecule has 0 aliphatic carbocycles. The molecule has 0 aliphatic heterocycles. The van der Waals surface area contributed by atoms with Crippen molar-refractivity contribution >= 4 is 35.6 Å². The van der Waals surface area contributed by atoms with Crippen LogP contribution in [0.4, 0.5) is 5.69 Å². The summed E-state index contributed by atoms with van der Waals surface area (Å²) in [5, 5.41) is 13.3. The number of hydrogen-bond donors (Lipinski definition) is 3. The number of aliphatic imine (C=N–C) groups is 1. The molecule has 0 radical (unpaired) electrons. The molecule has 3 aromatic rings. The van der Waals surface area contributed by atoms with E-state index in [1.807, 2.05) is 36.4 Å². The number of nitrogens with one attached hydrogen (secondary N) is 3. The Morgan fingerprint density at radius 2 is 1.93 bits per heavy atom. The summed E-state index contributed by atoms with van der Waals surface area (Å²) in [5.41, 5.74) is 2.92. The lowest BCUT2D eigenvalue weighted by atomic mass is 10.1.